The number of rotatable bonds is 7. The predicted octanol–water partition coefficient (Wildman–Crippen LogP) is 5.52. The number of aromatic hydroxyl groups is 1. The third-order valence-electron chi connectivity index (χ3n) is 5.98. The number of hydrogen-bond donors (Lipinski definition) is 1. The molecule has 8 heteroatoms. The largest absolute Gasteiger partial charge is 0.502 e. The Bertz CT molecular complexity index is 1010. The number of methoxy groups -OCH3 is 1. The van der Waals surface area contributed by atoms with E-state index in [0.29, 0.717) is 10.6 Å². The minimum absolute atomic E-state index is 0.00269. The van der Waals surface area contributed by atoms with Gasteiger partial charge in [-0.3, -0.25) is 9.59 Å². The van der Waals surface area contributed by atoms with Gasteiger partial charge in [0.15, 0.2) is 14.1 Å². The van der Waals surface area contributed by atoms with Gasteiger partial charge in [0.1, 0.15) is 5.76 Å². The first-order valence-electron chi connectivity index (χ1n) is 10.1. The topological polar surface area (TPSA) is 86.0 Å². The standard InChI is InChI=1S/C23H31ClO6Si/c1-14-16(9-8-10-18(14)24)17(12-20(26)28-5)22-21(27)19(25)11-15(30-22)13-29-31(6,7)23(2,3)4/h8-11,17,27H,12-13H2,1-7H3/t17-/m0/s1. The normalized spacial score (nSPS) is 13.2. The van der Waals surface area contributed by atoms with Crippen molar-refractivity contribution in [1.82, 2.24) is 0 Å². The van der Waals surface area contributed by atoms with E-state index in [9.17, 15) is 14.7 Å². The summed E-state index contributed by atoms with van der Waals surface area (Å²) < 4.78 is 17.0. The lowest BCUT2D eigenvalue weighted by atomic mass is 9.89. The molecule has 2 aromatic rings. The molecular weight excluding hydrogens is 436 g/mol. The Morgan fingerprint density at radius 2 is 1.94 bits per heavy atom. The highest BCUT2D eigenvalue weighted by Crippen LogP contribution is 2.39. The van der Waals surface area contributed by atoms with Crippen molar-refractivity contribution in [3.8, 4) is 5.75 Å². The maximum atomic E-state index is 12.5. The van der Waals surface area contributed by atoms with Gasteiger partial charge in [0.25, 0.3) is 0 Å². The second kappa shape index (κ2) is 9.59. The average molecular weight is 467 g/mol. The Labute approximate surface area is 189 Å². The summed E-state index contributed by atoms with van der Waals surface area (Å²) in [7, 11) is -0.810. The van der Waals surface area contributed by atoms with Crippen LogP contribution in [0.1, 0.15) is 55.8 Å². The zero-order valence-corrected chi connectivity index (χ0v) is 20.9. The van der Waals surface area contributed by atoms with Crippen molar-refractivity contribution < 1.29 is 23.5 Å². The van der Waals surface area contributed by atoms with Crippen molar-refractivity contribution in [2.24, 2.45) is 0 Å². The van der Waals surface area contributed by atoms with Crippen LogP contribution in [0.5, 0.6) is 5.75 Å². The number of esters is 1. The van der Waals surface area contributed by atoms with E-state index in [0.717, 1.165) is 5.56 Å². The van der Waals surface area contributed by atoms with Crippen LogP contribution in [0.2, 0.25) is 23.2 Å². The fourth-order valence-corrected chi connectivity index (χ4v) is 4.04. The molecule has 0 unspecified atom stereocenters. The summed E-state index contributed by atoms with van der Waals surface area (Å²) in [6, 6.07) is 6.49. The van der Waals surface area contributed by atoms with Gasteiger partial charge in [0.2, 0.25) is 11.2 Å². The molecule has 0 aliphatic rings. The molecule has 1 N–H and O–H groups in total. The molecular formula is C23H31ClO6Si. The van der Waals surface area contributed by atoms with Crippen molar-refractivity contribution in [3.05, 3.63) is 62.2 Å². The SMILES string of the molecule is COC(=O)C[C@@H](c1cccc(Cl)c1C)c1oc(CO[Si](C)(C)C(C)(C)C)cc(=O)c1O. The molecule has 0 amide bonds. The van der Waals surface area contributed by atoms with Gasteiger partial charge in [-0.2, -0.15) is 0 Å². The first-order valence-corrected chi connectivity index (χ1v) is 13.4. The number of halogens is 1. The van der Waals surface area contributed by atoms with Gasteiger partial charge in [-0.05, 0) is 42.2 Å². The second-order valence-electron chi connectivity index (χ2n) is 9.13. The van der Waals surface area contributed by atoms with E-state index in [-0.39, 0.29) is 29.6 Å². The maximum Gasteiger partial charge on any atom is 0.306 e. The maximum absolute atomic E-state index is 12.5. The highest BCUT2D eigenvalue weighted by molar-refractivity contribution is 6.74. The zero-order valence-electron chi connectivity index (χ0n) is 19.2. The Balaban J connectivity index is 2.54. The van der Waals surface area contributed by atoms with Gasteiger partial charge in [-0.1, -0.05) is 44.5 Å². The quantitative estimate of drug-likeness (QED) is 0.426. The van der Waals surface area contributed by atoms with Crippen LogP contribution in [0.4, 0.5) is 0 Å². The summed E-state index contributed by atoms with van der Waals surface area (Å²) in [6.07, 6.45) is -0.124. The number of ether oxygens (including phenoxy) is 1. The molecule has 1 heterocycles. The second-order valence-corrected chi connectivity index (χ2v) is 14.3. The third-order valence-corrected chi connectivity index (χ3v) is 10.9. The Morgan fingerprint density at radius 3 is 2.52 bits per heavy atom. The lowest BCUT2D eigenvalue weighted by molar-refractivity contribution is -0.140. The van der Waals surface area contributed by atoms with Crippen molar-refractivity contribution in [2.75, 3.05) is 7.11 Å². The highest BCUT2D eigenvalue weighted by atomic mass is 35.5. The van der Waals surface area contributed by atoms with Gasteiger partial charge in [0.05, 0.1) is 26.1 Å². The molecule has 0 fully saturated rings. The number of benzene rings is 1. The highest BCUT2D eigenvalue weighted by Gasteiger charge is 2.37. The Morgan fingerprint density at radius 1 is 1.29 bits per heavy atom. The molecule has 1 atom stereocenters. The Hall–Kier alpha value is -2.09. The summed E-state index contributed by atoms with van der Waals surface area (Å²) in [4.78, 5) is 24.7. The van der Waals surface area contributed by atoms with Crippen molar-refractivity contribution in [3.63, 3.8) is 0 Å². The molecule has 1 aromatic carbocycles. The summed E-state index contributed by atoms with van der Waals surface area (Å²) in [5, 5.41) is 11.0. The average Bonchev–Trinajstić information content (AvgIpc) is 2.68. The molecule has 31 heavy (non-hydrogen) atoms. The number of carbonyl (C=O) groups excluding carboxylic acids is 1. The first-order chi connectivity index (χ1) is 14.3. The van der Waals surface area contributed by atoms with E-state index < -0.39 is 31.4 Å². The van der Waals surface area contributed by atoms with Crippen LogP contribution in [0.25, 0.3) is 0 Å². The van der Waals surface area contributed by atoms with Crippen LogP contribution in [-0.2, 0) is 20.6 Å². The summed E-state index contributed by atoms with van der Waals surface area (Å²) >= 11 is 6.27. The molecule has 0 spiro atoms. The van der Waals surface area contributed by atoms with E-state index in [1.54, 1.807) is 18.2 Å². The molecule has 0 aliphatic carbocycles. The van der Waals surface area contributed by atoms with Crippen molar-refractivity contribution in [1.29, 1.82) is 0 Å². The third kappa shape index (κ3) is 5.78. The van der Waals surface area contributed by atoms with Gasteiger partial charge in [-0.15, -0.1) is 0 Å². The van der Waals surface area contributed by atoms with Crippen LogP contribution >= 0.6 is 11.6 Å². The lowest BCUT2D eigenvalue weighted by Crippen LogP contribution is -2.40. The smallest absolute Gasteiger partial charge is 0.306 e. The summed E-state index contributed by atoms with van der Waals surface area (Å²) in [5.74, 6) is -1.50. The molecule has 0 bridgehead atoms. The van der Waals surface area contributed by atoms with Crippen molar-refractivity contribution >= 4 is 25.9 Å². The molecule has 1 aromatic heterocycles. The Kier molecular flexibility index (Phi) is 7.78. The van der Waals surface area contributed by atoms with Gasteiger partial charge in [0, 0.05) is 11.1 Å². The van der Waals surface area contributed by atoms with Gasteiger partial charge in [-0.25, -0.2) is 0 Å². The van der Waals surface area contributed by atoms with E-state index in [1.807, 2.05) is 6.92 Å². The monoisotopic (exact) mass is 466 g/mol. The first kappa shape index (κ1) is 25.2. The van der Waals surface area contributed by atoms with E-state index in [2.05, 4.69) is 33.9 Å². The molecule has 0 radical (unpaired) electrons. The van der Waals surface area contributed by atoms with Crippen LogP contribution < -0.4 is 5.43 Å². The van der Waals surface area contributed by atoms with E-state index in [4.69, 9.17) is 25.2 Å². The molecule has 0 aliphatic heterocycles. The fourth-order valence-electron chi connectivity index (χ4n) is 2.93. The molecule has 170 valence electrons. The van der Waals surface area contributed by atoms with Crippen LogP contribution in [0.3, 0.4) is 0 Å². The minimum atomic E-state index is -2.09. The van der Waals surface area contributed by atoms with E-state index in [1.165, 1.54) is 13.2 Å². The predicted molar refractivity (Wildman–Crippen MR) is 123 cm³/mol. The van der Waals surface area contributed by atoms with Crippen LogP contribution in [0, 0.1) is 6.92 Å². The van der Waals surface area contributed by atoms with Crippen LogP contribution in [-0.4, -0.2) is 26.5 Å². The number of hydrogen-bond acceptors (Lipinski definition) is 6. The lowest BCUT2D eigenvalue weighted by Gasteiger charge is -2.36. The molecule has 2 rings (SSSR count). The van der Waals surface area contributed by atoms with Crippen molar-refractivity contribution in [2.45, 2.75) is 64.8 Å². The minimum Gasteiger partial charge on any atom is -0.502 e. The van der Waals surface area contributed by atoms with Gasteiger partial charge >= 0.3 is 5.97 Å². The summed E-state index contributed by atoms with van der Waals surface area (Å²) in [6.45, 7) is 12.5. The van der Waals surface area contributed by atoms with E-state index >= 15 is 0 Å². The molecule has 0 saturated heterocycles. The van der Waals surface area contributed by atoms with Crippen LogP contribution in [0.15, 0.2) is 33.5 Å². The van der Waals surface area contributed by atoms with Gasteiger partial charge < -0.3 is 18.7 Å². The molecule has 6 nitrogen and oxygen atoms in total. The summed E-state index contributed by atoms with van der Waals surface area (Å²) in [5.41, 5.74) is 0.798. The molecule has 0 saturated carbocycles. The fraction of sp³-hybridized carbons (Fsp3) is 0.478. The number of carbonyl (C=O) groups is 1. The zero-order chi connectivity index (χ0) is 23.6.